The summed E-state index contributed by atoms with van der Waals surface area (Å²) in [5.41, 5.74) is 1.91. The quantitative estimate of drug-likeness (QED) is 0.358. The van der Waals surface area contributed by atoms with Gasteiger partial charge in [-0.05, 0) is 42.3 Å². The minimum Gasteiger partial charge on any atom is -0.495 e. The number of benzene rings is 1. The van der Waals surface area contributed by atoms with Crippen LogP contribution in [0.1, 0.15) is 18.4 Å². The number of nitrogens with one attached hydrogen (secondary N) is 1. The summed E-state index contributed by atoms with van der Waals surface area (Å²) in [5, 5.41) is 10.8. The molecule has 0 aliphatic carbocycles. The summed E-state index contributed by atoms with van der Waals surface area (Å²) < 4.78 is 10.0. The first-order valence-corrected chi connectivity index (χ1v) is 9.25. The van der Waals surface area contributed by atoms with Crippen LogP contribution in [0.5, 0.6) is 5.75 Å². The van der Waals surface area contributed by atoms with E-state index in [4.69, 9.17) is 4.74 Å². The highest BCUT2D eigenvalue weighted by Gasteiger charge is 2.25. The van der Waals surface area contributed by atoms with Crippen molar-refractivity contribution in [2.45, 2.75) is 12.8 Å². The number of amides is 1. The van der Waals surface area contributed by atoms with Gasteiger partial charge in [0.25, 0.3) is 5.91 Å². The number of hydrogen-bond donors (Lipinski definition) is 1. The molecule has 9 heteroatoms. The zero-order valence-corrected chi connectivity index (χ0v) is 15.9. The van der Waals surface area contributed by atoms with E-state index in [9.17, 15) is 9.59 Å². The van der Waals surface area contributed by atoms with E-state index >= 15 is 0 Å². The van der Waals surface area contributed by atoms with E-state index in [1.54, 1.807) is 13.3 Å². The van der Waals surface area contributed by atoms with Crippen LogP contribution in [0, 0.1) is 0 Å². The van der Waals surface area contributed by atoms with Crippen molar-refractivity contribution in [1.29, 1.82) is 0 Å². The van der Waals surface area contributed by atoms with Crippen LogP contribution in [-0.2, 0) is 14.3 Å². The second kappa shape index (κ2) is 8.72. The van der Waals surface area contributed by atoms with Gasteiger partial charge >= 0.3 is 5.97 Å². The fourth-order valence-electron chi connectivity index (χ4n) is 2.78. The van der Waals surface area contributed by atoms with Crippen LogP contribution in [0.25, 0.3) is 0 Å². The maximum absolute atomic E-state index is 11.8. The highest BCUT2D eigenvalue weighted by molar-refractivity contribution is 8.18. The van der Waals surface area contributed by atoms with Crippen molar-refractivity contribution in [2.24, 2.45) is 10.2 Å². The molecule has 0 aromatic heterocycles. The largest absolute Gasteiger partial charge is 0.495 e. The van der Waals surface area contributed by atoms with Gasteiger partial charge in [0, 0.05) is 19.2 Å². The lowest BCUT2D eigenvalue weighted by atomic mass is 10.2. The van der Waals surface area contributed by atoms with Gasteiger partial charge in [-0.25, -0.2) is 4.79 Å². The molecule has 8 nitrogen and oxygen atoms in total. The van der Waals surface area contributed by atoms with Crippen LogP contribution in [0.3, 0.4) is 0 Å². The molecule has 0 atom stereocenters. The molecule has 1 aromatic rings. The minimum absolute atomic E-state index is 0.215. The Morgan fingerprint density at radius 1 is 1.30 bits per heavy atom. The first-order valence-electron chi connectivity index (χ1n) is 8.43. The van der Waals surface area contributed by atoms with Crippen LogP contribution >= 0.6 is 11.8 Å². The maximum Gasteiger partial charge on any atom is 0.331 e. The van der Waals surface area contributed by atoms with Gasteiger partial charge < -0.3 is 14.4 Å². The summed E-state index contributed by atoms with van der Waals surface area (Å²) >= 11 is 1.03. The van der Waals surface area contributed by atoms with Gasteiger partial charge in [-0.15, -0.1) is 5.10 Å². The van der Waals surface area contributed by atoms with Gasteiger partial charge in [-0.2, -0.15) is 5.10 Å². The second-order valence-electron chi connectivity index (χ2n) is 5.86. The molecule has 1 aromatic carbocycles. The summed E-state index contributed by atoms with van der Waals surface area (Å²) in [7, 11) is 2.90. The van der Waals surface area contributed by atoms with E-state index in [0.29, 0.717) is 5.17 Å². The van der Waals surface area contributed by atoms with Crippen LogP contribution < -0.4 is 15.0 Å². The highest BCUT2D eigenvalue weighted by Crippen LogP contribution is 2.31. The van der Waals surface area contributed by atoms with Crippen molar-refractivity contribution in [2.75, 3.05) is 32.2 Å². The Morgan fingerprint density at radius 2 is 2.07 bits per heavy atom. The Kier molecular flexibility index (Phi) is 6.12. The SMILES string of the molecule is COC(=O)/C=C1/S/C(=N\N=Cc2ccc(N3CCCC3)c(OC)c2)NC1=O. The van der Waals surface area contributed by atoms with Crippen molar-refractivity contribution in [3.05, 3.63) is 34.7 Å². The van der Waals surface area contributed by atoms with Crippen LogP contribution in [0.15, 0.2) is 39.4 Å². The third-order valence-corrected chi connectivity index (χ3v) is 5.01. The molecule has 142 valence electrons. The molecule has 0 unspecified atom stereocenters. The van der Waals surface area contributed by atoms with Crippen molar-refractivity contribution in [3.8, 4) is 5.75 Å². The highest BCUT2D eigenvalue weighted by atomic mass is 32.2. The lowest BCUT2D eigenvalue weighted by Crippen LogP contribution is -2.19. The smallest absolute Gasteiger partial charge is 0.331 e. The normalized spacial score (nSPS) is 19.9. The van der Waals surface area contributed by atoms with Crippen LogP contribution in [0.4, 0.5) is 5.69 Å². The average molecular weight is 388 g/mol. The molecule has 1 amide bonds. The monoisotopic (exact) mass is 388 g/mol. The number of rotatable bonds is 5. The lowest BCUT2D eigenvalue weighted by molar-refractivity contribution is -0.135. The van der Waals surface area contributed by atoms with Crippen molar-refractivity contribution in [1.82, 2.24) is 5.32 Å². The molecule has 27 heavy (non-hydrogen) atoms. The Balaban J connectivity index is 1.69. The summed E-state index contributed by atoms with van der Waals surface area (Å²) in [5.74, 6) is -0.209. The molecule has 1 N–H and O–H groups in total. The number of nitrogens with zero attached hydrogens (tertiary/aromatic N) is 3. The predicted molar refractivity (Wildman–Crippen MR) is 105 cm³/mol. The Morgan fingerprint density at radius 3 is 2.78 bits per heavy atom. The topological polar surface area (TPSA) is 92.6 Å². The van der Waals surface area contributed by atoms with E-state index in [-0.39, 0.29) is 4.91 Å². The number of methoxy groups -OCH3 is 2. The zero-order chi connectivity index (χ0) is 19.2. The summed E-state index contributed by atoms with van der Waals surface area (Å²) in [6, 6.07) is 5.87. The fourth-order valence-corrected chi connectivity index (χ4v) is 3.52. The first kappa shape index (κ1) is 19.0. The summed E-state index contributed by atoms with van der Waals surface area (Å²) in [6.45, 7) is 2.07. The second-order valence-corrected chi connectivity index (χ2v) is 6.89. The standard InChI is InChI=1S/C18H20N4O4S/c1-25-14-9-12(5-6-13(14)22-7-3-4-8-22)11-19-21-18-20-17(24)15(27-18)10-16(23)26-2/h5-6,9-11H,3-4,7-8H2,1-2H3,(H,20,21,24)/b15-10+,19-11?. The number of ether oxygens (including phenoxy) is 2. The fraction of sp³-hybridized carbons (Fsp3) is 0.333. The molecule has 2 fully saturated rings. The van der Waals surface area contributed by atoms with Gasteiger partial charge in [0.2, 0.25) is 0 Å². The van der Waals surface area contributed by atoms with Crippen molar-refractivity contribution < 1.29 is 19.1 Å². The Hall–Kier alpha value is -2.81. The number of carbonyl (C=O) groups is 2. The summed E-state index contributed by atoms with van der Waals surface area (Å²) in [4.78, 5) is 25.5. The van der Waals surface area contributed by atoms with E-state index < -0.39 is 11.9 Å². The van der Waals surface area contributed by atoms with E-state index in [0.717, 1.165) is 47.9 Å². The molecular weight excluding hydrogens is 368 g/mol. The van der Waals surface area contributed by atoms with Gasteiger partial charge in [-0.1, -0.05) is 6.07 Å². The van der Waals surface area contributed by atoms with Crippen molar-refractivity contribution in [3.63, 3.8) is 0 Å². The Labute approximate surface area is 161 Å². The predicted octanol–water partition coefficient (Wildman–Crippen LogP) is 1.91. The molecule has 0 spiro atoms. The number of thioether (sulfide) groups is 1. The third-order valence-electron chi connectivity index (χ3n) is 4.11. The molecule has 2 saturated heterocycles. The number of carbonyl (C=O) groups excluding carboxylic acids is 2. The van der Waals surface area contributed by atoms with E-state index in [2.05, 4.69) is 25.2 Å². The van der Waals surface area contributed by atoms with E-state index in [1.165, 1.54) is 20.0 Å². The number of esters is 1. The first-order chi connectivity index (χ1) is 13.1. The minimum atomic E-state index is -0.595. The zero-order valence-electron chi connectivity index (χ0n) is 15.1. The summed E-state index contributed by atoms with van der Waals surface area (Å²) in [6.07, 6.45) is 5.09. The molecule has 2 aliphatic rings. The number of amidine groups is 1. The van der Waals surface area contributed by atoms with Crippen molar-refractivity contribution >= 4 is 40.7 Å². The molecular formula is C18H20N4O4S. The average Bonchev–Trinajstić information content (AvgIpc) is 3.32. The molecule has 2 aliphatic heterocycles. The van der Waals surface area contributed by atoms with Crippen LogP contribution in [0.2, 0.25) is 0 Å². The third kappa shape index (κ3) is 4.68. The van der Waals surface area contributed by atoms with Gasteiger partial charge in [0.15, 0.2) is 5.17 Å². The lowest BCUT2D eigenvalue weighted by Gasteiger charge is -2.20. The van der Waals surface area contributed by atoms with Gasteiger partial charge in [0.05, 0.1) is 31.0 Å². The molecule has 0 bridgehead atoms. The van der Waals surface area contributed by atoms with Crippen LogP contribution in [-0.4, -0.2) is 50.6 Å². The Bertz CT molecular complexity index is 829. The molecule has 2 heterocycles. The number of hydrogen-bond acceptors (Lipinski definition) is 8. The molecule has 0 saturated carbocycles. The van der Waals surface area contributed by atoms with Gasteiger partial charge in [-0.3, -0.25) is 10.1 Å². The van der Waals surface area contributed by atoms with E-state index in [1.807, 2.05) is 18.2 Å². The molecule has 3 rings (SSSR count). The molecule has 0 radical (unpaired) electrons. The van der Waals surface area contributed by atoms with Gasteiger partial charge in [0.1, 0.15) is 5.75 Å². The maximum atomic E-state index is 11.8. The number of anilines is 1.